The Hall–Kier alpha value is -3.83. The van der Waals surface area contributed by atoms with Crippen molar-refractivity contribution in [1.29, 1.82) is 0 Å². The maximum Gasteiger partial charge on any atom is 0.243 e. The topological polar surface area (TPSA) is 49.3 Å². The number of rotatable bonds is 4. The summed E-state index contributed by atoms with van der Waals surface area (Å²) in [4.78, 5) is 27.6. The fourth-order valence-corrected chi connectivity index (χ4v) is 5.52. The summed E-state index contributed by atoms with van der Waals surface area (Å²) in [5, 5.41) is 0. The first-order chi connectivity index (χ1) is 17.2. The molecule has 1 amide bonds. The number of likely N-dealkylation sites (tertiary alicyclic amines) is 1. The Morgan fingerprint density at radius 3 is 2.23 bits per heavy atom. The summed E-state index contributed by atoms with van der Waals surface area (Å²) < 4.78 is 0. The molecule has 0 saturated carbocycles. The Balaban J connectivity index is 1.27. The lowest BCUT2D eigenvalue weighted by molar-refractivity contribution is -0.124. The molecule has 0 aliphatic carbocycles. The number of nitrogens with zero attached hydrogens (tertiary/aromatic N) is 4. The van der Waals surface area contributed by atoms with Gasteiger partial charge in [-0.05, 0) is 73.8 Å². The van der Waals surface area contributed by atoms with Crippen LogP contribution in [0.3, 0.4) is 0 Å². The molecule has 35 heavy (non-hydrogen) atoms. The molecule has 2 aromatic carbocycles. The predicted octanol–water partition coefficient (Wildman–Crippen LogP) is 5.66. The van der Waals surface area contributed by atoms with Crippen molar-refractivity contribution in [3.8, 4) is 11.1 Å². The molecule has 1 spiro atoms. The van der Waals surface area contributed by atoms with Crippen LogP contribution in [0.4, 0.5) is 11.5 Å². The molecule has 0 atom stereocenters. The van der Waals surface area contributed by atoms with Gasteiger partial charge in [-0.2, -0.15) is 0 Å². The Morgan fingerprint density at radius 1 is 0.800 bits per heavy atom. The van der Waals surface area contributed by atoms with Crippen molar-refractivity contribution in [2.24, 2.45) is 0 Å². The van der Waals surface area contributed by atoms with Crippen LogP contribution >= 0.6 is 0 Å². The quantitative estimate of drug-likeness (QED) is 0.394. The maximum atomic E-state index is 14.1. The standard InChI is InChI=1S/C30H28N4O/c1-22-7-5-17-31-27(22)21-33-19-15-30(16-20-33)26-10-6-18-32-28(26)34(29(30)35)25-13-11-24(12-14-25)23-8-3-2-4-9-23/h2-14,17-18H,15-16,19-21H2,1H3. The van der Waals surface area contributed by atoms with Gasteiger partial charge in [-0.15, -0.1) is 0 Å². The second-order valence-electron chi connectivity index (χ2n) is 9.55. The van der Waals surface area contributed by atoms with E-state index in [4.69, 9.17) is 0 Å². The fourth-order valence-electron chi connectivity index (χ4n) is 5.52. The van der Waals surface area contributed by atoms with Gasteiger partial charge in [-0.25, -0.2) is 4.98 Å². The van der Waals surface area contributed by atoms with E-state index in [1.165, 1.54) is 5.56 Å². The number of piperidine rings is 1. The van der Waals surface area contributed by atoms with Crippen molar-refractivity contribution in [2.75, 3.05) is 18.0 Å². The van der Waals surface area contributed by atoms with Crippen LogP contribution < -0.4 is 4.90 Å². The van der Waals surface area contributed by atoms with Gasteiger partial charge in [0.1, 0.15) is 5.82 Å². The normalized spacial score (nSPS) is 17.1. The molecule has 0 radical (unpaired) electrons. The van der Waals surface area contributed by atoms with Crippen LogP contribution in [0.2, 0.25) is 0 Å². The van der Waals surface area contributed by atoms with Gasteiger partial charge in [0.15, 0.2) is 0 Å². The average molecular weight is 461 g/mol. The van der Waals surface area contributed by atoms with E-state index in [0.29, 0.717) is 0 Å². The zero-order valence-corrected chi connectivity index (χ0v) is 19.9. The highest BCUT2D eigenvalue weighted by molar-refractivity contribution is 6.12. The number of anilines is 2. The molecule has 5 nitrogen and oxygen atoms in total. The molecule has 6 rings (SSSR count). The van der Waals surface area contributed by atoms with Crippen molar-refractivity contribution in [1.82, 2.24) is 14.9 Å². The summed E-state index contributed by atoms with van der Waals surface area (Å²) in [7, 11) is 0. The average Bonchev–Trinajstić information content (AvgIpc) is 3.15. The molecule has 0 N–H and O–H groups in total. The summed E-state index contributed by atoms with van der Waals surface area (Å²) in [5.74, 6) is 0.923. The second kappa shape index (κ2) is 8.75. The number of aryl methyl sites for hydroxylation is 1. The summed E-state index contributed by atoms with van der Waals surface area (Å²) in [6.07, 6.45) is 5.22. The molecule has 4 heterocycles. The van der Waals surface area contributed by atoms with Crippen molar-refractivity contribution in [3.05, 3.63) is 108 Å². The number of carbonyl (C=O) groups excluding carboxylic acids is 1. The first-order valence-corrected chi connectivity index (χ1v) is 12.2. The van der Waals surface area contributed by atoms with Crippen LogP contribution in [0, 0.1) is 6.92 Å². The molecule has 174 valence electrons. The lowest BCUT2D eigenvalue weighted by atomic mass is 9.74. The summed E-state index contributed by atoms with van der Waals surface area (Å²) in [6.45, 7) is 4.65. The third-order valence-corrected chi connectivity index (χ3v) is 7.56. The number of carbonyl (C=O) groups is 1. The van der Waals surface area contributed by atoms with Gasteiger partial charge in [0.2, 0.25) is 5.91 Å². The highest BCUT2D eigenvalue weighted by atomic mass is 16.2. The molecular formula is C30H28N4O. The van der Waals surface area contributed by atoms with Crippen LogP contribution in [0.1, 0.15) is 29.7 Å². The third kappa shape index (κ3) is 3.72. The first-order valence-electron chi connectivity index (χ1n) is 12.2. The SMILES string of the molecule is Cc1cccnc1CN1CCC2(CC1)C(=O)N(c1ccc(-c3ccccc3)cc1)c1ncccc12. The lowest BCUT2D eigenvalue weighted by Crippen LogP contribution is -2.47. The summed E-state index contributed by atoms with van der Waals surface area (Å²) in [5.41, 5.74) is 6.04. The number of pyridine rings is 2. The van der Waals surface area contributed by atoms with Crippen molar-refractivity contribution in [2.45, 2.75) is 31.7 Å². The molecule has 1 saturated heterocycles. The minimum atomic E-state index is -0.517. The van der Waals surface area contributed by atoms with Gasteiger partial charge in [-0.3, -0.25) is 19.6 Å². The number of amides is 1. The van der Waals surface area contributed by atoms with Crippen molar-refractivity contribution < 1.29 is 4.79 Å². The number of benzene rings is 2. The molecule has 0 bridgehead atoms. The Bertz CT molecular complexity index is 1360. The van der Waals surface area contributed by atoms with E-state index in [1.807, 2.05) is 53.6 Å². The molecule has 2 aliphatic heterocycles. The van der Waals surface area contributed by atoms with Crippen LogP contribution in [0.5, 0.6) is 0 Å². The number of hydrogen-bond acceptors (Lipinski definition) is 4. The van der Waals surface area contributed by atoms with E-state index < -0.39 is 5.41 Å². The van der Waals surface area contributed by atoms with Gasteiger partial charge in [0, 0.05) is 24.5 Å². The molecule has 2 aromatic heterocycles. The zero-order valence-electron chi connectivity index (χ0n) is 19.9. The summed E-state index contributed by atoms with van der Waals surface area (Å²) >= 11 is 0. The van der Waals surface area contributed by atoms with Crippen LogP contribution in [0.15, 0.2) is 91.3 Å². The number of fused-ring (bicyclic) bond motifs is 2. The van der Waals surface area contributed by atoms with Gasteiger partial charge in [0.05, 0.1) is 16.8 Å². The molecule has 5 heteroatoms. The van der Waals surface area contributed by atoms with E-state index in [2.05, 4.69) is 58.2 Å². The molecular weight excluding hydrogens is 432 g/mol. The molecule has 1 fully saturated rings. The molecule has 4 aromatic rings. The molecule has 2 aliphatic rings. The highest BCUT2D eigenvalue weighted by Gasteiger charge is 2.53. The fraction of sp³-hybridized carbons (Fsp3) is 0.233. The number of aromatic nitrogens is 2. The predicted molar refractivity (Wildman–Crippen MR) is 138 cm³/mol. The van der Waals surface area contributed by atoms with Crippen molar-refractivity contribution >= 4 is 17.4 Å². The number of hydrogen-bond donors (Lipinski definition) is 0. The third-order valence-electron chi connectivity index (χ3n) is 7.56. The van der Waals surface area contributed by atoms with Gasteiger partial charge in [-0.1, -0.05) is 54.6 Å². The van der Waals surface area contributed by atoms with E-state index in [0.717, 1.165) is 66.4 Å². The van der Waals surface area contributed by atoms with Gasteiger partial charge >= 0.3 is 0 Å². The minimum absolute atomic E-state index is 0.146. The Morgan fingerprint density at radius 2 is 1.49 bits per heavy atom. The monoisotopic (exact) mass is 460 g/mol. The van der Waals surface area contributed by atoms with E-state index in [9.17, 15) is 4.79 Å². The summed E-state index contributed by atoms with van der Waals surface area (Å²) in [6, 6.07) is 26.7. The minimum Gasteiger partial charge on any atom is -0.297 e. The smallest absolute Gasteiger partial charge is 0.243 e. The Kier molecular flexibility index (Phi) is 5.42. The highest BCUT2D eigenvalue weighted by Crippen LogP contribution is 2.49. The first kappa shape index (κ1) is 21.7. The molecule has 0 unspecified atom stereocenters. The lowest BCUT2D eigenvalue weighted by Gasteiger charge is -2.38. The van der Waals surface area contributed by atoms with Gasteiger partial charge < -0.3 is 0 Å². The van der Waals surface area contributed by atoms with Crippen LogP contribution in [0.25, 0.3) is 11.1 Å². The van der Waals surface area contributed by atoms with Crippen molar-refractivity contribution in [3.63, 3.8) is 0 Å². The van der Waals surface area contributed by atoms with Crippen LogP contribution in [-0.4, -0.2) is 33.9 Å². The van der Waals surface area contributed by atoms with Gasteiger partial charge in [0.25, 0.3) is 0 Å². The van der Waals surface area contributed by atoms with Crippen LogP contribution in [-0.2, 0) is 16.8 Å². The maximum absolute atomic E-state index is 14.1. The second-order valence-corrected chi connectivity index (χ2v) is 9.55. The zero-order chi connectivity index (χ0) is 23.8. The van der Waals surface area contributed by atoms with E-state index in [1.54, 1.807) is 6.20 Å². The van der Waals surface area contributed by atoms with E-state index >= 15 is 0 Å². The Labute approximate surface area is 206 Å². The van der Waals surface area contributed by atoms with E-state index in [-0.39, 0.29) is 5.91 Å². The largest absolute Gasteiger partial charge is 0.297 e.